The molecule has 10 heteroatoms. The molecule has 0 radical (unpaired) electrons. The topological polar surface area (TPSA) is 114 Å². The Morgan fingerprint density at radius 1 is 0.461 bits per heavy atom. The molecule has 0 aromatic rings. The number of carbonyl (C=O) groups excluding carboxylic acids is 2. The number of likely N-dealkylation sites (N-methyl/N-ethyl adjacent to an activating group) is 1. The van der Waals surface area contributed by atoms with Crippen LogP contribution < -0.4 is 10.2 Å². The van der Waals surface area contributed by atoms with Crippen LogP contribution in [0, 0.1) is 0 Å². The van der Waals surface area contributed by atoms with Gasteiger partial charge in [0.2, 0.25) is 5.91 Å². The number of quaternary nitrogens is 1. The molecule has 9 nitrogen and oxygen atoms in total. The molecule has 0 aliphatic heterocycles. The number of hydrogen-bond donors (Lipinski definition) is 1. The lowest BCUT2D eigenvalue weighted by Gasteiger charge is -2.30. The van der Waals surface area contributed by atoms with E-state index in [1.807, 2.05) is 27.2 Å². The first-order chi connectivity index (χ1) is 36.9. The highest BCUT2D eigenvalue weighted by Crippen LogP contribution is 2.38. The SMILES string of the molecule is CCCCC/C=C\C/C=C\C/C=C\C/C=C\CCCCCCCC(=O)NC(COP(=O)([O-])OCC[N+](C)(C)C)C(/C=C\CCCCCCCCCCCC)OC(=O)CCC/C=C\C/C=C\C/C=C\C/C=C\CCCCC. The number of esters is 1. The van der Waals surface area contributed by atoms with Crippen molar-refractivity contribution in [3.05, 3.63) is 109 Å². The number of unbranched alkanes of at least 4 members (excludes halogenated alkanes) is 22. The average molecular weight is 1080 g/mol. The maximum Gasteiger partial charge on any atom is 0.306 e. The van der Waals surface area contributed by atoms with Gasteiger partial charge < -0.3 is 28.5 Å². The van der Waals surface area contributed by atoms with Gasteiger partial charge in [0.25, 0.3) is 7.82 Å². The van der Waals surface area contributed by atoms with Crippen LogP contribution in [0.1, 0.15) is 245 Å². The number of rotatable bonds is 54. The van der Waals surface area contributed by atoms with Crippen LogP contribution >= 0.6 is 7.82 Å². The van der Waals surface area contributed by atoms with Crippen LogP contribution in [0.5, 0.6) is 0 Å². The van der Waals surface area contributed by atoms with Crippen molar-refractivity contribution in [2.45, 2.75) is 258 Å². The summed E-state index contributed by atoms with van der Waals surface area (Å²) in [6.07, 6.45) is 74.9. The van der Waals surface area contributed by atoms with Crippen LogP contribution in [0.15, 0.2) is 109 Å². The third kappa shape index (κ3) is 55.4. The van der Waals surface area contributed by atoms with Crippen molar-refractivity contribution < 1.29 is 37.3 Å². The molecule has 76 heavy (non-hydrogen) atoms. The Hall–Kier alpha value is -3.33. The van der Waals surface area contributed by atoms with Gasteiger partial charge in [0.1, 0.15) is 19.3 Å². The summed E-state index contributed by atoms with van der Waals surface area (Å²) in [6, 6.07) is -0.927. The average Bonchev–Trinajstić information content (AvgIpc) is 3.38. The van der Waals surface area contributed by atoms with E-state index in [0.29, 0.717) is 23.9 Å². The lowest BCUT2D eigenvalue weighted by Crippen LogP contribution is -2.47. The zero-order valence-electron chi connectivity index (χ0n) is 49.7. The first-order valence-electron chi connectivity index (χ1n) is 30.7. The molecule has 0 rings (SSSR count). The molecule has 0 aliphatic carbocycles. The summed E-state index contributed by atoms with van der Waals surface area (Å²) < 4.78 is 30.2. The fourth-order valence-electron chi connectivity index (χ4n) is 8.14. The lowest BCUT2D eigenvalue weighted by atomic mass is 10.0. The fourth-order valence-corrected chi connectivity index (χ4v) is 8.87. The zero-order valence-corrected chi connectivity index (χ0v) is 50.6. The predicted octanol–water partition coefficient (Wildman–Crippen LogP) is 18.3. The van der Waals surface area contributed by atoms with E-state index in [4.69, 9.17) is 13.8 Å². The molecule has 1 amide bonds. The van der Waals surface area contributed by atoms with E-state index >= 15 is 0 Å². The minimum Gasteiger partial charge on any atom is -0.756 e. The molecule has 436 valence electrons. The van der Waals surface area contributed by atoms with Crippen molar-refractivity contribution in [1.29, 1.82) is 0 Å². The van der Waals surface area contributed by atoms with Gasteiger partial charge in [-0.05, 0) is 115 Å². The van der Waals surface area contributed by atoms with E-state index in [9.17, 15) is 19.0 Å². The second-order valence-electron chi connectivity index (χ2n) is 21.5. The Labute approximate surface area is 468 Å². The molecule has 0 spiro atoms. The molecule has 3 unspecified atom stereocenters. The summed E-state index contributed by atoms with van der Waals surface area (Å²) in [4.78, 5) is 39.9. The van der Waals surface area contributed by atoms with E-state index in [1.165, 1.54) is 103 Å². The highest BCUT2D eigenvalue weighted by atomic mass is 31.2. The highest BCUT2D eigenvalue weighted by molar-refractivity contribution is 7.45. The van der Waals surface area contributed by atoms with E-state index in [2.05, 4.69) is 123 Å². The number of carbonyl (C=O) groups is 2. The maximum absolute atomic E-state index is 13.5. The summed E-state index contributed by atoms with van der Waals surface area (Å²) in [5.41, 5.74) is 0. The fraction of sp³-hybridized carbons (Fsp3) is 0.697. The zero-order chi connectivity index (χ0) is 55.7. The maximum atomic E-state index is 13.5. The Bertz CT molecular complexity index is 1670. The first-order valence-corrected chi connectivity index (χ1v) is 32.2. The van der Waals surface area contributed by atoms with E-state index in [1.54, 1.807) is 6.08 Å². The second-order valence-corrected chi connectivity index (χ2v) is 22.9. The number of amides is 1. The van der Waals surface area contributed by atoms with Gasteiger partial charge in [0.15, 0.2) is 0 Å². The Morgan fingerprint density at radius 3 is 1.25 bits per heavy atom. The third-order valence-electron chi connectivity index (χ3n) is 12.9. The number of nitrogens with one attached hydrogen (secondary N) is 1. The van der Waals surface area contributed by atoms with Crippen LogP contribution in [-0.4, -0.2) is 69.4 Å². The molecule has 0 saturated heterocycles. The van der Waals surface area contributed by atoms with Gasteiger partial charge in [0.05, 0.1) is 33.8 Å². The molecule has 1 N–H and O–H groups in total. The Balaban J connectivity index is 5.40. The predicted molar refractivity (Wildman–Crippen MR) is 325 cm³/mol. The minimum atomic E-state index is -4.72. The summed E-state index contributed by atoms with van der Waals surface area (Å²) >= 11 is 0. The van der Waals surface area contributed by atoms with Crippen molar-refractivity contribution in [3.63, 3.8) is 0 Å². The van der Waals surface area contributed by atoms with Crippen molar-refractivity contribution >= 4 is 19.7 Å². The standard InChI is InChI=1S/C66H115N2O7P/c1-7-10-13-16-19-22-25-28-30-32-33-34-35-37-38-40-43-46-49-52-55-58-65(69)67-63(62-74-76(71,72)73-61-60-68(4,5)6)64(57-54-51-48-45-42-27-24-21-18-15-12-9-3)75-66(70)59-56-53-50-47-44-41-39-36-31-29-26-23-20-17-14-11-8-2/h19-20,22-23,28-31,33-34,37-39,41,47,50,54,57,63-64H,7-18,21,24-27,32,35-36,40,42-46,48-49,51-53,55-56,58-62H2,1-6H3,(H-,67,69,71,72)/b22-19-,23-20-,30-28-,31-29-,34-33-,38-37-,41-39-,50-47-,57-54-. The molecule has 0 saturated carbocycles. The van der Waals surface area contributed by atoms with Gasteiger partial charge in [0, 0.05) is 12.8 Å². The number of phosphoric acid groups is 1. The number of allylic oxidation sites excluding steroid dienone is 17. The number of ether oxygens (including phenoxy) is 1. The van der Waals surface area contributed by atoms with Crippen LogP contribution in [0.25, 0.3) is 0 Å². The van der Waals surface area contributed by atoms with Gasteiger partial charge in [-0.3, -0.25) is 14.2 Å². The summed E-state index contributed by atoms with van der Waals surface area (Å²) in [6.45, 7) is 6.72. The monoisotopic (exact) mass is 1080 g/mol. The van der Waals surface area contributed by atoms with E-state index in [0.717, 1.165) is 96.3 Å². The highest BCUT2D eigenvalue weighted by Gasteiger charge is 2.27. The molecular weight excluding hydrogens is 964 g/mol. The number of nitrogens with zero attached hydrogens (tertiary/aromatic N) is 1. The number of hydrogen-bond acceptors (Lipinski definition) is 7. The Morgan fingerprint density at radius 2 is 0.816 bits per heavy atom. The van der Waals surface area contributed by atoms with Crippen molar-refractivity contribution in [3.8, 4) is 0 Å². The lowest BCUT2D eigenvalue weighted by molar-refractivity contribution is -0.870. The van der Waals surface area contributed by atoms with Crippen LogP contribution in [0.4, 0.5) is 0 Å². The van der Waals surface area contributed by atoms with Gasteiger partial charge >= 0.3 is 5.97 Å². The largest absolute Gasteiger partial charge is 0.756 e. The molecule has 0 fully saturated rings. The van der Waals surface area contributed by atoms with Crippen molar-refractivity contribution in [2.75, 3.05) is 40.9 Å². The van der Waals surface area contributed by atoms with Gasteiger partial charge in [-0.25, -0.2) is 0 Å². The molecule has 3 atom stereocenters. The summed E-state index contributed by atoms with van der Waals surface area (Å²) in [7, 11) is 1.13. The van der Waals surface area contributed by atoms with Crippen LogP contribution in [0.2, 0.25) is 0 Å². The second kappa shape index (κ2) is 55.0. The quantitative estimate of drug-likeness (QED) is 0.0212. The van der Waals surface area contributed by atoms with Gasteiger partial charge in [-0.2, -0.15) is 0 Å². The minimum absolute atomic E-state index is 0.0402. The summed E-state index contributed by atoms with van der Waals surface area (Å²) in [5, 5.41) is 3.00. The Kier molecular flexibility index (Phi) is 52.6. The van der Waals surface area contributed by atoms with Crippen molar-refractivity contribution in [2.24, 2.45) is 0 Å². The summed E-state index contributed by atoms with van der Waals surface area (Å²) in [5.74, 6) is -0.634. The molecule has 0 aromatic heterocycles. The van der Waals surface area contributed by atoms with Crippen LogP contribution in [-0.2, 0) is 27.9 Å². The molecule has 0 bridgehead atoms. The van der Waals surface area contributed by atoms with E-state index < -0.39 is 32.5 Å². The van der Waals surface area contributed by atoms with Crippen LogP contribution in [0.3, 0.4) is 0 Å². The normalized spacial score (nSPS) is 14.5. The van der Waals surface area contributed by atoms with Gasteiger partial charge in [-0.1, -0.05) is 227 Å². The number of phosphoric ester groups is 1. The van der Waals surface area contributed by atoms with E-state index in [-0.39, 0.29) is 25.4 Å². The third-order valence-corrected chi connectivity index (χ3v) is 13.9. The van der Waals surface area contributed by atoms with Crippen molar-refractivity contribution in [1.82, 2.24) is 5.32 Å². The molecule has 0 heterocycles. The first kappa shape index (κ1) is 72.7. The smallest absolute Gasteiger partial charge is 0.306 e. The van der Waals surface area contributed by atoms with Gasteiger partial charge in [-0.15, -0.1) is 0 Å². The molecule has 0 aliphatic rings. The molecular formula is C66H115N2O7P. The molecule has 0 aromatic carbocycles.